The summed E-state index contributed by atoms with van der Waals surface area (Å²) in [5, 5.41) is 16.2. The number of likely N-dealkylation sites (tertiary alicyclic amines) is 1. The number of piperidine rings is 1. The Hall–Kier alpha value is -3.31. The number of fused-ring (bicyclic) bond motifs is 1. The van der Waals surface area contributed by atoms with E-state index in [4.69, 9.17) is 4.74 Å². The number of hydrogen-bond acceptors (Lipinski definition) is 6. The van der Waals surface area contributed by atoms with Gasteiger partial charge in [-0.25, -0.2) is 4.98 Å². The first-order valence-corrected chi connectivity index (χ1v) is 13.4. The number of alkyl halides is 3. The van der Waals surface area contributed by atoms with Crippen molar-refractivity contribution in [3.05, 3.63) is 59.4 Å². The summed E-state index contributed by atoms with van der Waals surface area (Å²) in [4.78, 5) is 6.37. The average molecular weight is 540 g/mol. The molecule has 0 saturated carbocycles. The van der Waals surface area contributed by atoms with Gasteiger partial charge in [-0.15, -0.1) is 10.2 Å². The summed E-state index contributed by atoms with van der Waals surface area (Å²) in [5.74, 6) is 1.34. The molecule has 2 aliphatic heterocycles. The molecule has 206 valence electrons. The zero-order valence-corrected chi connectivity index (χ0v) is 22.3. The second-order valence-corrected chi connectivity index (χ2v) is 11.2. The van der Waals surface area contributed by atoms with Crippen molar-refractivity contribution in [2.24, 2.45) is 13.0 Å². The average Bonchev–Trinajstić information content (AvgIpc) is 3.50. The molecular formula is C28H32F3N7O. The number of aromatic nitrogens is 6. The van der Waals surface area contributed by atoms with Crippen LogP contribution in [0.25, 0.3) is 22.2 Å². The molecule has 0 radical (unpaired) electrons. The second-order valence-electron chi connectivity index (χ2n) is 11.2. The van der Waals surface area contributed by atoms with E-state index in [0.29, 0.717) is 47.8 Å². The van der Waals surface area contributed by atoms with Gasteiger partial charge in [-0.2, -0.15) is 18.3 Å². The van der Waals surface area contributed by atoms with E-state index in [1.54, 1.807) is 6.33 Å². The van der Waals surface area contributed by atoms with Crippen LogP contribution in [0.5, 0.6) is 0 Å². The molecular weight excluding hydrogens is 507 g/mol. The monoisotopic (exact) mass is 539 g/mol. The van der Waals surface area contributed by atoms with Crippen molar-refractivity contribution in [1.82, 2.24) is 34.8 Å². The lowest BCUT2D eigenvalue weighted by molar-refractivity contribution is -0.141. The van der Waals surface area contributed by atoms with Gasteiger partial charge in [-0.1, -0.05) is 25.1 Å². The maximum atomic E-state index is 14.1. The predicted molar refractivity (Wildman–Crippen MR) is 140 cm³/mol. The van der Waals surface area contributed by atoms with Crippen molar-refractivity contribution in [2.45, 2.75) is 50.7 Å². The van der Waals surface area contributed by atoms with Gasteiger partial charge in [0.05, 0.1) is 30.5 Å². The maximum absolute atomic E-state index is 14.1. The van der Waals surface area contributed by atoms with E-state index >= 15 is 0 Å². The molecule has 1 N–H and O–H groups in total. The molecule has 1 aromatic carbocycles. The Labute approximate surface area is 224 Å². The van der Waals surface area contributed by atoms with Crippen LogP contribution in [0.1, 0.15) is 55.5 Å². The van der Waals surface area contributed by atoms with Gasteiger partial charge in [0.1, 0.15) is 23.5 Å². The number of H-pyrrole nitrogens is 1. The number of rotatable bonds is 6. The van der Waals surface area contributed by atoms with Crippen LogP contribution in [0.2, 0.25) is 0 Å². The number of nitrogens with one attached hydrogen (secondary N) is 1. The standard InChI is InChI=1S/C28H32F3N7O/c1-17-6-5-9-38(13-17)18(2)24-26-21(11-22(33-24)28(29,30)31)25(35-36-26)19-7-4-8-20(10-19)27(14-39-15-27)12-23-34-32-16-37(23)3/h4,7-8,10-11,16-18H,5-6,9,12-15H2,1-3H3,(H,35,36)/t17-,18-/m0/s1. The summed E-state index contributed by atoms with van der Waals surface area (Å²) in [6, 6.07) is 8.70. The molecule has 0 spiro atoms. The van der Waals surface area contributed by atoms with Crippen molar-refractivity contribution in [3.63, 3.8) is 0 Å². The number of pyridine rings is 1. The van der Waals surface area contributed by atoms with Crippen LogP contribution in [0.15, 0.2) is 36.7 Å². The highest BCUT2D eigenvalue weighted by Gasteiger charge is 2.42. The zero-order valence-electron chi connectivity index (χ0n) is 22.3. The highest BCUT2D eigenvalue weighted by atomic mass is 19.4. The van der Waals surface area contributed by atoms with Crippen molar-refractivity contribution in [3.8, 4) is 11.3 Å². The third-order valence-electron chi connectivity index (χ3n) is 8.31. The van der Waals surface area contributed by atoms with Crippen LogP contribution in [-0.4, -0.2) is 61.1 Å². The summed E-state index contributed by atoms with van der Waals surface area (Å²) in [6.45, 7) is 6.85. The minimum Gasteiger partial charge on any atom is -0.379 e. The van der Waals surface area contributed by atoms with Crippen LogP contribution in [0.3, 0.4) is 0 Å². The van der Waals surface area contributed by atoms with Crippen LogP contribution in [-0.2, 0) is 29.8 Å². The van der Waals surface area contributed by atoms with E-state index in [1.165, 1.54) is 0 Å². The first-order chi connectivity index (χ1) is 18.6. The molecule has 0 bridgehead atoms. The Balaban J connectivity index is 1.42. The highest BCUT2D eigenvalue weighted by molar-refractivity contribution is 5.94. The number of nitrogens with zero attached hydrogens (tertiary/aromatic N) is 6. The van der Waals surface area contributed by atoms with Crippen molar-refractivity contribution < 1.29 is 17.9 Å². The fourth-order valence-corrected chi connectivity index (χ4v) is 5.94. The number of aryl methyl sites for hydroxylation is 1. The fraction of sp³-hybridized carbons (Fsp3) is 0.500. The maximum Gasteiger partial charge on any atom is 0.433 e. The molecule has 2 aliphatic rings. The predicted octanol–water partition coefficient (Wildman–Crippen LogP) is 5.08. The molecule has 0 aliphatic carbocycles. The van der Waals surface area contributed by atoms with E-state index in [2.05, 4.69) is 37.2 Å². The smallest absolute Gasteiger partial charge is 0.379 e. The van der Waals surface area contributed by atoms with Crippen LogP contribution >= 0.6 is 0 Å². The molecule has 11 heteroatoms. The number of aromatic amines is 1. The van der Waals surface area contributed by atoms with Gasteiger partial charge in [-0.05, 0) is 49.9 Å². The summed E-state index contributed by atoms with van der Waals surface area (Å²) in [7, 11) is 1.91. The molecule has 2 fully saturated rings. The van der Waals surface area contributed by atoms with Gasteiger partial charge < -0.3 is 9.30 Å². The first kappa shape index (κ1) is 25.9. The summed E-state index contributed by atoms with van der Waals surface area (Å²) >= 11 is 0. The lowest BCUT2D eigenvalue weighted by Crippen LogP contribution is -2.49. The van der Waals surface area contributed by atoms with Crippen LogP contribution in [0.4, 0.5) is 13.2 Å². The summed E-state index contributed by atoms with van der Waals surface area (Å²) in [6.07, 6.45) is -0.106. The normalized spacial score (nSPS) is 20.7. The van der Waals surface area contributed by atoms with Crippen molar-refractivity contribution in [1.29, 1.82) is 0 Å². The number of benzene rings is 1. The Morgan fingerprint density at radius 2 is 2.05 bits per heavy atom. The van der Waals surface area contributed by atoms with E-state index in [0.717, 1.165) is 48.9 Å². The fourth-order valence-electron chi connectivity index (χ4n) is 5.94. The third-order valence-corrected chi connectivity index (χ3v) is 8.31. The topological polar surface area (TPSA) is 84.8 Å². The number of hydrogen-bond donors (Lipinski definition) is 1. The first-order valence-electron chi connectivity index (χ1n) is 13.4. The van der Waals surface area contributed by atoms with Crippen LogP contribution < -0.4 is 0 Å². The Morgan fingerprint density at radius 3 is 2.72 bits per heavy atom. The lowest BCUT2D eigenvalue weighted by Gasteiger charge is -2.41. The quantitative estimate of drug-likeness (QED) is 0.368. The minimum atomic E-state index is -4.57. The molecule has 2 saturated heterocycles. The minimum absolute atomic E-state index is 0.279. The Kier molecular flexibility index (Phi) is 6.46. The molecule has 2 atom stereocenters. The van der Waals surface area contributed by atoms with E-state index in [1.807, 2.05) is 42.8 Å². The molecule has 39 heavy (non-hydrogen) atoms. The van der Waals surface area contributed by atoms with Crippen molar-refractivity contribution >= 4 is 10.9 Å². The SMILES string of the molecule is C[C@H]1CCCN([C@@H](C)c2nc(C(F)(F)F)cc3c(-c4cccc(C5(Cc6nncn6C)COC5)c4)n[nH]c23)C1. The molecule has 3 aromatic heterocycles. The molecule has 0 unspecified atom stereocenters. The Bertz CT molecular complexity index is 1490. The third kappa shape index (κ3) is 4.71. The summed E-state index contributed by atoms with van der Waals surface area (Å²) < 4.78 is 49.7. The molecule has 5 heterocycles. The van der Waals surface area contributed by atoms with E-state index < -0.39 is 11.9 Å². The second kappa shape index (κ2) is 9.71. The summed E-state index contributed by atoms with van der Waals surface area (Å²) in [5.41, 5.74) is 2.01. The highest BCUT2D eigenvalue weighted by Crippen LogP contribution is 2.40. The van der Waals surface area contributed by atoms with Gasteiger partial charge in [0.25, 0.3) is 0 Å². The molecule has 0 amide bonds. The van der Waals surface area contributed by atoms with Gasteiger partial charge in [0.15, 0.2) is 0 Å². The number of ether oxygens (including phenoxy) is 1. The van der Waals surface area contributed by atoms with E-state index in [9.17, 15) is 13.2 Å². The molecule has 4 aromatic rings. The van der Waals surface area contributed by atoms with Crippen molar-refractivity contribution in [2.75, 3.05) is 26.3 Å². The largest absolute Gasteiger partial charge is 0.433 e. The van der Waals surface area contributed by atoms with E-state index in [-0.39, 0.29) is 11.5 Å². The lowest BCUT2D eigenvalue weighted by atomic mass is 9.75. The van der Waals surface area contributed by atoms with Crippen LogP contribution in [0, 0.1) is 5.92 Å². The Morgan fingerprint density at radius 1 is 1.23 bits per heavy atom. The van der Waals surface area contributed by atoms with Gasteiger partial charge in [0, 0.05) is 36.4 Å². The molecule has 6 rings (SSSR count). The zero-order chi connectivity index (χ0) is 27.4. The van der Waals surface area contributed by atoms with Gasteiger partial charge >= 0.3 is 6.18 Å². The number of halogens is 3. The molecule has 8 nitrogen and oxygen atoms in total. The van der Waals surface area contributed by atoms with Gasteiger partial charge in [-0.3, -0.25) is 10.00 Å². The van der Waals surface area contributed by atoms with Gasteiger partial charge in [0.2, 0.25) is 0 Å².